The molecule has 0 radical (unpaired) electrons. The number of amides is 1. The number of benzene rings is 1. The fraction of sp³-hybridized carbons (Fsp3) is 0.636. The molecule has 174 valence electrons. The van der Waals surface area contributed by atoms with E-state index in [4.69, 9.17) is 9.47 Å². The van der Waals surface area contributed by atoms with Gasteiger partial charge in [-0.3, -0.25) is 4.79 Å². The second-order valence-corrected chi connectivity index (χ2v) is 7.97. The number of methoxy groups -OCH3 is 1. The summed E-state index contributed by atoms with van der Waals surface area (Å²) in [7, 11) is 5.20. The predicted octanol–water partition coefficient (Wildman–Crippen LogP) is 2.04. The van der Waals surface area contributed by atoms with Gasteiger partial charge in [0.25, 0.3) is 0 Å². The Kier molecular flexibility index (Phi) is 10.7. The molecule has 0 bridgehead atoms. The van der Waals surface area contributed by atoms with Crippen molar-refractivity contribution >= 4 is 41.5 Å². The molecule has 1 unspecified atom stereocenters. The van der Waals surface area contributed by atoms with Gasteiger partial charge in [-0.15, -0.1) is 24.0 Å². The zero-order valence-electron chi connectivity index (χ0n) is 18.9. The molecule has 0 spiro atoms. The lowest BCUT2D eigenvalue weighted by molar-refractivity contribution is -0.127. The largest absolute Gasteiger partial charge is 0.497 e. The van der Waals surface area contributed by atoms with Crippen LogP contribution in [0.1, 0.15) is 19.3 Å². The summed E-state index contributed by atoms with van der Waals surface area (Å²) in [5, 5.41) is 3.47. The molecule has 1 N–H and O–H groups in total. The number of likely N-dealkylation sites (N-methyl/N-ethyl adjacent to an activating group) is 1. The van der Waals surface area contributed by atoms with Crippen LogP contribution in [0.25, 0.3) is 0 Å². The van der Waals surface area contributed by atoms with Gasteiger partial charge in [-0.1, -0.05) is 0 Å². The summed E-state index contributed by atoms with van der Waals surface area (Å²) in [5.74, 6) is 1.67. The summed E-state index contributed by atoms with van der Waals surface area (Å²) in [6, 6.07) is 8.18. The number of hydrogen-bond acceptors (Lipinski definition) is 5. The Labute approximate surface area is 203 Å². The maximum Gasteiger partial charge on any atom is 0.243 e. The first-order valence-electron chi connectivity index (χ1n) is 10.8. The fourth-order valence-electron chi connectivity index (χ4n) is 3.69. The van der Waals surface area contributed by atoms with Gasteiger partial charge in [-0.2, -0.15) is 0 Å². The third kappa shape index (κ3) is 7.71. The van der Waals surface area contributed by atoms with Crippen LogP contribution in [0.2, 0.25) is 0 Å². The molecule has 0 saturated carbocycles. The van der Waals surface area contributed by atoms with Gasteiger partial charge < -0.3 is 29.5 Å². The second kappa shape index (κ2) is 12.9. The number of hydrogen-bond donors (Lipinski definition) is 1. The molecule has 3 rings (SSSR count). The number of aliphatic imine (C=N–C) groups is 1. The average molecular weight is 545 g/mol. The quantitative estimate of drug-likeness (QED) is 0.336. The van der Waals surface area contributed by atoms with E-state index in [1.165, 1.54) is 12.1 Å². The van der Waals surface area contributed by atoms with Crippen LogP contribution in [0.3, 0.4) is 0 Å². The highest BCUT2D eigenvalue weighted by molar-refractivity contribution is 14.0. The molecule has 2 heterocycles. The van der Waals surface area contributed by atoms with Gasteiger partial charge in [0, 0.05) is 59.1 Å². The van der Waals surface area contributed by atoms with E-state index in [2.05, 4.69) is 32.2 Å². The van der Waals surface area contributed by atoms with E-state index in [0.29, 0.717) is 0 Å². The highest BCUT2D eigenvalue weighted by Crippen LogP contribution is 2.20. The van der Waals surface area contributed by atoms with Crippen molar-refractivity contribution in [3.63, 3.8) is 0 Å². The Bertz CT molecular complexity index is 700. The van der Waals surface area contributed by atoms with E-state index in [-0.39, 0.29) is 42.5 Å². The molecule has 2 aliphatic heterocycles. The van der Waals surface area contributed by atoms with Crippen molar-refractivity contribution in [2.45, 2.75) is 25.4 Å². The van der Waals surface area contributed by atoms with Gasteiger partial charge in [0.05, 0.1) is 13.2 Å². The number of halogens is 1. The Morgan fingerprint density at radius 2 is 1.90 bits per heavy atom. The molecule has 1 amide bonds. The first kappa shape index (κ1) is 25.5. The van der Waals surface area contributed by atoms with Crippen molar-refractivity contribution in [3.05, 3.63) is 24.3 Å². The van der Waals surface area contributed by atoms with Crippen molar-refractivity contribution in [1.29, 1.82) is 0 Å². The molecule has 9 heteroatoms. The lowest BCUT2D eigenvalue weighted by Gasteiger charge is -2.38. The van der Waals surface area contributed by atoms with Crippen LogP contribution in [0, 0.1) is 0 Å². The smallest absolute Gasteiger partial charge is 0.243 e. The number of nitrogens with zero attached hydrogens (tertiary/aromatic N) is 4. The minimum Gasteiger partial charge on any atom is -0.497 e. The van der Waals surface area contributed by atoms with Crippen molar-refractivity contribution in [1.82, 2.24) is 15.1 Å². The van der Waals surface area contributed by atoms with Crippen molar-refractivity contribution in [2.75, 3.05) is 72.0 Å². The number of ether oxygens (including phenoxy) is 2. The summed E-state index contributed by atoms with van der Waals surface area (Å²) < 4.78 is 11.1. The van der Waals surface area contributed by atoms with Gasteiger partial charge in [0.15, 0.2) is 5.96 Å². The Balaban J connectivity index is 0.00000341. The number of nitrogens with one attached hydrogen (secondary N) is 1. The Morgan fingerprint density at radius 1 is 1.19 bits per heavy atom. The standard InChI is InChI=1S/C22H35N5O3.HI/c1-25(2)21(28)17-24-22(23-16-20-6-4-5-15-30-20)27-13-11-26(12-14-27)18-7-9-19(29-3)10-8-18;/h7-10,20H,4-6,11-17H2,1-3H3,(H,23,24);1H. The lowest BCUT2D eigenvalue weighted by atomic mass is 10.1. The van der Waals surface area contributed by atoms with Crippen LogP contribution in [0.4, 0.5) is 5.69 Å². The molecule has 2 aliphatic rings. The van der Waals surface area contributed by atoms with E-state index in [9.17, 15) is 4.79 Å². The molecule has 1 atom stereocenters. The van der Waals surface area contributed by atoms with E-state index in [1.807, 2.05) is 12.1 Å². The molecular weight excluding hydrogens is 509 g/mol. The maximum absolute atomic E-state index is 12.1. The molecule has 2 saturated heterocycles. The minimum absolute atomic E-state index is 0. The van der Waals surface area contributed by atoms with Gasteiger partial charge in [0.2, 0.25) is 5.91 Å². The fourth-order valence-corrected chi connectivity index (χ4v) is 3.69. The van der Waals surface area contributed by atoms with E-state index >= 15 is 0 Å². The van der Waals surface area contributed by atoms with Crippen molar-refractivity contribution in [3.8, 4) is 5.75 Å². The van der Waals surface area contributed by atoms with Gasteiger partial charge in [-0.25, -0.2) is 4.99 Å². The number of rotatable bonds is 6. The van der Waals surface area contributed by atoms with E-state index in [1.54, 1.807) is 26.1 Å². The Hall–Kier alpha value is -1.75. The molecule has 31 heavy (non-hydrogen) atoms. The van der Waals surface area contributed by atoms with Crippen LogP contribution < -0.4 is 15.0 Å². The third-order valence-electron chi connectivity index (χ3n) is 5.64. The number of guanidine groups is 1. The van der Waals surface area contributed by atoms with Crippen molar-refractivity contribution < 1.29 is 14.3 Å². The van der Waals surface area contributed by atoms with Crippen LogP contribution in [0.15, 0.2) is 29.3 Å². The van der Waals surface area contributed by atoms with Crippen molar-refractivity contribution in [2.24, 2.45) is 4.99 Å². The molecule has 0 aromatic heterocycles. The minimum atomic E-state index is 0. The second-order valence-electron chi connectivity index (χ2n) is 7.97. The van der Waals surface area contributed by atoms with Gasteiger partial charge in [-0.05, 0) is 43.5 Å². The SMILES string of the molecule is COc1ccc(N2CCN(C(=NCC(=O)N(C)C)NCC3CCCCO3)CC2)cc1.I. The number of anilines is 1. The molecule has 1 aromatic rings. The number of piperazine rings is 1. The first-order chi connectivity index (χ1) is 14.6. The molecule has 1 aromatic carbocycles. The highest BCUT2D eigenvalue weighted by atomic mass is 127. The molecular formula is C22H36IN5O3. The Morgan fingerprint density at radius 3 is 2.48 bits per heavy atom. The molecule has 0 aliphatic carbocycles. The van der Waals surface area contributed by atoms with Crippen LogP contribution >= 0.6 is 24.0 Å². The summed E-state index contributed by atoms with van der Waals surface area (Å²) in [6.07, 6.45) is 3.64. The first-order valence-corrected chi connectivity index (χ1v) is 10.8. The molecule has 8 nitrogen and oxygen atoms in total. The summed E-state index contributed by atoms with van der Waals surface area (Å²) >= 11 is 0. The van der Waals surface area contributed by atoms with Crippen LogP contribution in [0.5, 0.6) is 5.75 Å². The normalized spacial score (nSPS) is 19.5. The average Bonchev–Trinajstić information content (AvgIpc) is 2.80. The van der Waals surface area contributed by atoms with Gasteiger partial charge in [0.1, 0.15) is 12.3 Å². The zero-order valence-corrected chi connectivity index (χ0v) is 21.2. The number of carbonyl (C=O) groups excluding carboxylic acids is 1. The predicted molar refractivity (Wildman–Crippen MR) is 135 cm³/mol. The van der Waals surface area contributed by atoms with E-state index < -0.39 is 0 Å². The summed E-state index contributed by atoms with van der Waals surface area (Å²) in [6.45, 7) is 5.20. The summed E-state index contributed by atoms with van der Waals surface area (Å²) in [5.41, 5.74) is 1.19. The zero-order chi connectivity index (χ0) is 21.3. The third-order valence-corrected chi connectivity index (χ3v) is 5.64. The van der Waals surface area contributed by atoms with Gasteiger partial charge >= 0.3 is 0 Å². The van der Waals surface area contributed by atoms with Crippen LogP contribution in [-0.2, 0) is 9.53 Å². The monoisotopic (exact) mass is 545 g/mol. The molecule has 2 fully saturated rings. The number of carbonyl (C=O) groups is 1. The topological polar surface area (TPSA) is 69.6 Å². The highest BCUT2D eigenvalue weighted by Gasteiger charge is 2.22. The lowest BCUT2D eigenvalue weighted by Crippen LogP contribution is -2.54. The van der Waals surface area contributed by atoms with E-state index in [0.717, 1.165) is 63.9 Å². The summed E-state index contributed by atoms with van der Waals surface area (Å²) in [4.78, 5) is 22.9. The van der Waals surface area contributed by atoms with Crippen LogP contribution in [-0.4, -0.2) is 94.9 Å². The maximum atomic E-state index is 12.1.